The van der Waals surface area contributed by atoms with Crippen LogP contribution in [0.2, 0.25) is 0 Å². The summed E-state index contributed by atoms with van der Waals surface area (Å²) >= 11 is 3.31. The molecule has 5 heteroatoms. The van der Waals surface area contributed by atoms with E-state index in [1.165, 1.54) is 0 Å². The Hall–Kier alpha value is -1.64. The Morgan fingerprint density at radius 1 is 1.26 bits per heavy atom. The molecular formula is C14H11BrN2OS. The Morgan fingerprint density at radius 2 is 2.00 bits per heavy atom. The van der Waals surface area contributed by atoms with Crippen LogP contribution in [-0.4, -0.2) is 4.21 Å². The summed E-state index contributed by atoms with van der Waals surface area (Å²) in [6, 6.07) is 14.5. The highest BCUT2D eigenvalue weighted by atomic mass is 79.9. The number of anilines is 1. The van der Waals surface area contributed by atoms with Crippen LogP contribution in [0.15, 0.2) is 51.8 Å². The van der Waals surface area contributed by atoms with Gasteiger partial charge in [-0.15, -0.1) is 0 Å². The van der Waals surface area contributed by atoms with Crippen molar-refractivity contribution in [2.45, 2.75) is 10.6 Å². The van der Waals surface area contributed by atoms with Crippen LogP contribution in [0.1, 0.15) is 11.1 Å². The number of hydrogen-bond donors (Lipinski definition) is 1. The second kappa shape index (κ2) is 6.00. The molecule has 0 bridgehead atoms. The Balaban J connectivity index is 2.29. The first-order valence-electron chi connectivity index (χ1n) is 5.53. The van der Waals surface area contributed by atoms with Gasteiger partial charge in [0.2, 0.25) is 0 Å². The molecule has 2 rings (SSSR count). The third-order valence-corrected chi connectivity index (χ3v) is 4.57. The summed E-state index contributed by atoms with van der Waals surface area (Å²) in [7, 11) is -1.26. The molecule has 0 saturated heterocycles. The zero-order valence-corrected chi connectivity index (χ0v) is 12.4. The molecule has 0 aliphatic carbocycles. The molecule has 0 spiro atoms. The van der Waals surface area contributed by atoms with E-state index >= 15 is 0 Å². The Kier molecular flexibility index (Phi) is 4.35. The van der Waals surface area contributed by atoms with Crippen molar-refractivity contribution in [1.29, 1.82) is 5.26 Å². The van der Waals surface area contributed by atoms with Crippen molar-refractivity contribution in [1.82, 2.24) is 0 Å². The third kappa shape index (κ3) is 3.22. The topological polar surface area (TPSA) is 66.9 Å². The van der Waals surface area contributed by atoms with Crippen LogP contribution in [-0.2, 0) is 16.6 Å². The van der Waals surface area contributed by atoms with Gasteiger partial charge in [-0.2, -0.15) is 5.26 Å². The number of nitrogens with two attached hydrogens (primary N) is 1. The van der Waals surface area contributed by atoms with Gasteiger partial charge in [0.1, 0.15) is 0 Å². The zero-order chi connectivity index (χ0) is 13.8. The van der Waals surface area contributed by atoms with E-state index in [0.29, 0.717) is 16.1 Å². The molecule has 0 heterocycles. The first-order chi connectivity index (χ1) is 9.11. The SMILES string of the molecule is N#Cc1ccccc1CS(=O)c1ccc(Br)cc1N. The highest BCUT2D eigenvalue weighted by molar-refractivity contribution is 9.10. The molecule has 0 amide bonds. The van der Waals surface area contributed by atoms with Crippen LogP contribution in [0.3, 0.4) is 0 Å². The normalized spacial score (nSPS) is 11.8. The average molecular weight is 335 g/mol. The summed E-state index contributed by atoms with van der Waals surface area (Å²) in [5, 5.41) is 9.01. The maximum Gasteiger partial charge on any atom is 0.0994 e. The minimum absolute atomic E-state index is 0.287. The van der Waals surface area contributed by atoms with Gasteiger partial charge >= 0.3 is 0 Å². The van der Waals surface area contributed by atoms with Crippen LogP contribution in [0, 0.1) is 11.3 Å². The second-order valence-corrected chi connectivity index (χ2v) is 6.28. The predicted octanol–water partition coefficient (Wildman–Crippen LogP) is 3.21. The predicted molar refractivity (Wildman–Crippen MR) is 79.8 cm³/mol. The first-order valence-corrected chi connectivity index (χ1v) is 7.64. The summed E-state index contributed by atoms with van der Waals surface area (Å²) < 4.78 is 13.2. The number of halogens is 1. The average Bonchev–Trinajstić information content (AvgIpc) is 2.39. The number of nitrogen functional groups attached to an aromatic ring is 1. The van der Waals surface area contributed by atoms with Crippen LogP contribution in [0.25, 0.3) is 0 Å². The van der Waals surface area contributed by atoms with Crippen molar-refractivity contribution in [3.63, 3.8) is 0 Å². The van der Waals surface area contributed by atoms with Gasteiger partial charge in [-0.1, -0.05) is 34.1 Å². The first kappa shape index (κ1) is 13.8. The van der Waals surface area contributed by atoms with Gasteiger partial charge in [-0.25, -0.2) is 0 Å². The summed E-state index contributed by atoms with van der Waals surface area (Å²) in [4.78, 5) is 0.593. The fourth-order valence-corrected chi connectivity index (χ4v) is 3.31. The molecule has 2 aromatic carbocycles. The van der Waals surface area contributed by atoms with Gasteiger partial charge in [0.05, 0.1) is 33.1 Å². The number of nitrogens with zero attached hydrogens (tertiary/aromatic N) is 1. The van der Waals surface area contributed by atoms with E-state index in [0.717, 1.165) is 10.0 Å². The minimum atomic E-state index is -1.26. The number of benzene rings is 2. The van der Waals surface area contributed by atoms with Crippen molar-refractivity contribution in [2.75, 3.05) is 5.73 Å². The Labute approximate surface area is 122 Å². The molecule has 0 aromatic heterocycles. The highest BCUT2D eigenvalue weighted by Crippen LogP contribution is 2.24. The van der Waals surface area contributed by atoms with Crippen molar-refractivity contribution in [3.8, 4) is 6.07 Å². The molecule has 0 aliphatic heterocycles. The molecular weight excluding hydrogens is 324 g/mol. The largest absolute Gasteiger partial charge is 0.398 e. The van der Waals surface area contributed by atoms with Crippen molar-refractivity contribution in [2.24, 2.45) is 0 Å². The lowest BCUT2D eigenvalue weighted by Crippen LogP contribution is -2.02. The van der Waals surface area contributed by atoms with Gasteiger partial charge in [0, 0.05) is 10.2 Å². The maximum absolute atomic E-state index is 12.3. The van der Waals surface area contributed by atoms with E-state index in [1.54, 1.807) is 30.3 Å². The molecule has 2 aromatic rings. The zero-order valence-electron chi connectivity index (χ0n) is 9.97. The van der Waals surface area contributed by atoms with E-state index in [9.17, 15) is 4.21 Å². The van der Waals surface area contributed by atoms with Crippen molar-refractivity contribution in [3.05, 3.63) is 58.1 Å². The van der Waals surface area contributed by atoms with E-state index < -0.39 is 10.8 Å². The lowest BCUT2D eigenvalue weighted by molar-refractivity contribution is 0.683. The molecule has 0 saturated carbocycles. The Morgan fingerprint density at radius 3 is 2.68 bits per heavy atom. The van der Waals surface area contributed by atoms with E-state index in [2.05, 4.69) is 22.0 Å². The summed E-state index contributed by atoms with van der Waals surface area (Å²) in [6.07, 6.45) is 0. The molecule has 19 heavy (non-hydrogen) atoms. The standard InChI is InChI=1S/C14H11BrN2OS/c15-12-5-6-14(13(17)7-12)19(18)9-11-4-2-1-3-10(11)8-16/h1-7H,9,17H2. The van der Waals surface area contributed by atoms with Gasteiger partial charge in [0.25, 0.3) is 0 Å². The maximum atomic E-state index is 12.3. The molecule has 0 fully saturated rings. The lowest BCUT2D eigenvalue weighted by Gasteiger charge is -2.07. The monoisotopic (exact) mass is 334 g/mol. The summed E-state index contributed by atoms with van der Waals surface area (Å²) in [6.45, 7) is 0. The molecule has 1 unspecified atom stereocenters. The van der Waals surface area contributed by atoms with E-state index in [4.69, 9.17) is 11.0 Å². The molecule has 1 atom stereocenters. The highest BCUT2D eigenvalue weighted by Gasteiger charge is 2.11. The van der Waals surface area contributed by atoms with Crippen LogP contribution in [0.4, 0.5) is 5.69 Å². The van der Waals surface area contributed by atoms with Crippen LogP contribution >= 0.6 is 15.9 Å². The molecule has 0 radical (unpaired) electrons. The molecule has 2 N–H and O–H groups in total. The van der Waals surface area contributed by atoms with Gasteiger partial charge in [-0.3, -0.25) is 4.21 Å². The summed E-state index contributed by atoms with van der Waals surface area (Å²) in [5.74, 6) is 0.287. The van der Waals surface area contributed by atoms with Crippen LogP contribution < -0.4 is 5.73 Å². The van der Waals surface area contributed by atoms with Gasteiger partial charge in [0.15, 0.2) is 0 Å². The Bertz CT molecular complexity index is 679. The van der Waals surface area contributed by atoms with E-state index in [-0.39, 0.29) is 5.75 Å². The molecule has 3 nitrogen and oxygen atoms in total. The fourth-order valence-electron chi connectivity index (χ4n) is 1.70. The van der Waals surface area contributed by atoms with Gasteiger partial charge < -0.3 is 5.73 Å². The number of hydrogen-bond acceptors (Lipinski definition) is 3. The fraction of sp³-hybridized carbons (Fsp3) is 0.0714. The van der Waals surface area contributed by atoms with Gasteiger partial charge in [-0.05, 0) is 29.8 Å². The molecule has 0 aliphatic rings. The van der Waals surface area contributed by atoms with Crippen molar-refractivity contribution < 1.29 is 4.21 Å². The van der Waals surface area contributed by atoms with Crippen LogP contribution in [0.5, 0.6) is 0 Å². The summed E-state index contributed by atoms with van der Waals surface area (Å²) in [5.41, 5.74) is 7.66. The quantitative estimate of drug-likeness (QED) is 0.876. The number of rotatable bonds is 3. The second-order valence-electron chi connectivity index (χ2n) is 3.94. The van der Waals surface area contributed by atoms with Crippen molar-refractivity contribution >= 4 is 32.4 Å². The minimum Gasteiger partial charge on any atom is -0.398 e. The smallest absolute Gasteiger partial charge is 0.0994 e. The van der Waals surface area contributed by atoms with E-state index in [1.807, 2.05) is 12.1 Å². The number of nitriles is 1. The third-order valence-electron chi connectivity index (χ3n) is 2.64. The molecule has 96 valence electrons. The lowest BCUT2D eigenvalue weighted by atomic mass is 10.1.